The molecule has 1 aromatic carbocycles. The summed E-state index contributed by atoms with van der Waals surface area (Å²) in [4.78, 5) is 0. The number of hydrogen-bond acceptors (Lipinski definition) is 1. The van der Waals surface area contributed by atoms with Crippen LogP contribution < -0.4 is 5.32 Å². The minimum absolute atomic E-state index is 0.345. The molecule has 1 aromatic rings. The van der Waals surface area contributed by atoms with E-state index in [4.69, 9.17) is 0 Å². The van der Waals surface area contributed by atoms with Crippen molar-refractivity contribution in [2.24, 2.45) is 5.41 Å². The highest BCUT2D eigenvalue weighted by atomic mass is 14.9. The summed E-state index contributed by atoms with van der Waals surface area (Å²) in [6.45, 7) is 11.3. The Kier molecular flexibility index (Phi) is 2.59. The lowest BCUT2D eigenvalue weighted by molar-refractivity contribution is 0.296. The Bertz CT molecular complexity index is 360. The lowest BCUT2D eigenvalue weighted by atomic mass is 9.73. The number of hydrogen-bond donors (Lipinski definition) is 1. The van der Waals surface area contributed by atoms with Crippen LogP contribution >= 0.6 is 0 Å². The summed E-state index contributed by atoms with van der Waals surface area (Å²) >= 11 is 0. The normalized spacial score (nSPS) is 21.2. The van der Waals surface area contributed by atoms with Crippen LogP contribution in [-0.4, -0.2) is 6.54 Å². The topological polar surface area (TPSA) is 12.0 Å². The molecule has 1 heterocycles. The van der Waals surface area contributed by atoms with Crippen molar-refractivity contribution >= 4 is 0 Å². The van der Waals surface area contributed by atoms with Gasteiger partial charge in [0.1, 0.15) is 0 Å². The second-order valence-electron chi connectivity index (χ2n) is 5.75. The summed E-state index contributed by atoms with van der Waals surface area (Å²) in [6, 6.07) is 6.88. The van der Waals surface area contributed by atoms with Crippen LogP contribution in [0.4, 0.5) is 0 Å². The Morgan fingerprint density at radius 2 is 2.00 bits per heavy atom. The molecule has 0 fully saturated rings. The Hall–Kier alpha value is -0.820. The molecule has 0 aliphatic carbocycles. The molecule has 1 aliphatic rings. The van der Waals surface area contributed by atoms with Gasteiger partial charge in [-0.2, -0.15) is 0 Å². The van der Waals surface area contributed by atoms with Crippen LogP contribution in [0.2, 0.25) is 0 Å². The van der Waals surface area contributed by atoms with Crippen LogP contribution in [-0.2, 0) is 6.54 Å². The van der Waals surface area contributed by atoms with E-state index in [0.29, 0.717) is 11.3 Å². The van der Waals surface area contributed by atoms with E-state index < -0.39 is 0 Å². The minimum Gasteiger partial charge on any atom is -0.312 e. The van der Waals surface area contributed by atoms with Gasteiger partial charge < -0.3 is 5.32 Å². The second kappa shape index (κ2) is 3.64. The smallest absolute Gasteiger partial charge is 0.0208 e. The maximum Gasteiger partial charge on any atom is 0.0208 e. The second-order valence-corrected chi connectivity index (χ2v) is 5.75. The van der Waals surface area contributed by atoms with Crippen molar-refractivity contribution in [1.82, 2.24) is 5.32 Å². The molecule has 0 amide bonds. The summed E-state index contributed by atoms with van der Waals surface area (Å²) in [5, 5.41) is 3.52. The molecule has 15 heavy (non-hydrogen) atoms. The average Bonchev–Trinajstić information content (AvgIpc) is 2.15. The third kappa shape index (κ3) is 2.07. The zero-order chi connectivity index (χ0) is 11.1. The summed E-state index contributed by atoms with van der Waals surface area (Å²) < 4.78 is 0. The predicted octanol–water partition coefficient (Wildman–Crippen LogP) is 3.23. The maximum absolute atomic E-state index is 3.52. The van der Waals surface area contributed by atoms with Crippen LogP contribution in [0.25, 0.3) is 0 Å². The van der Waals surface area contributed by atoms with Crippen molar-refractivity contribution in [3.63, 3.8) is 0 Å². The molecule has 0 saturated heterocycles. The number of rotatable bonds is 0. The van der Waals surface area contributed by atoms with E-state index in [1.54, 1.807) is 5.56 Å². The quantitative estimate of drug-likeness (QED) is 0.682. The Morgan fingerprint density at radius 1 is 1.27 bits per heavy atom. The van der Waals surface area contributed by atoms with Crippen molar-refractivity contribution in [2.45, 2.75) is 40.2 Å². The average molecular weight is 203 g/mol. The van der Waals surface area contributed by atoms with Gasteiger partial charge in [-0.3, -0.25) is 0 Å². The van der Waals surface area contributed by atoms with Gasteiger partial charge in [0.25, 0.3) is 0 Å². The fourth-order valence-electron chi connectivity index (χ4n) is 2.46. The summed E-state index contributed by atoms with van der Waals surface area (Å²) in [6.07, 6.45) is 0. The van der Waals surface area contributed by atoms with Crippen LogP contribution in [0, 0.1) is 12.3 Å². The molecule has 1 N–H and O–H groups in total. The van der Waals surface area contributed by atoms with Crippen molar-refractivity contribution < 1.29 is 0 Å². The highest BCUT2D eigenvalue weighted by molar-refractivity contribution is 5.37. The molecule has 1 atom stereocenters. The molecule has 0 bridgehead atoms. The maximum atomic E-state index is 3.52. The molecular formula is C14H21N. The lowest BCUT2D eigenvalue weighted by Crippen LogP contribution is -2.35. The van der Waals surface area contributed by atoms with Gasteiger partial charge in [-0.1, -0.05) is 44.5 Å². The highest BCUT2D eigenvalue weighted by Gasteiger charge is 2.29. The van der Waals surface area contributed by atoms with E-state index >= 15 is 0 Å². The van der Waals surface area contributed by atoms with Crippen molar-refractivity contribution in [2.75, 3.05) is 6.54 Å². The number of aryl methyl sites for hydroxylation is 1. The van der Waals surface area contributed by atoms with E-state index in [9.17, 15) is 0 Å². The lowest BCUT2D eigenvalue weighted by Gasteiger charge is -2.36. The monoisotopic (exact) mass is 203 g/mol. The fraction of sp³-hybridized carbons (Fsp3) is 0.571. The van der Waals surface area contributed by atoms with Crippen LogP contribution in [0.1, 0.15) is 43.4 Å². The zero-order valence-electron chi connectivity index (χ0n) is 10.2. The number of benzene rings is 1. The standard InChI is InChI=1S/C14H21N/c1-10-5-6-12-11(7-10)8-15-9-13(12)14(2,3)4/h5-7,13,15H,8-9H2,1-4H3. The Balaban J connectivity index is 2.43. The van der Waals surface area contributed by atoms with Crippen LogP contribution in [0.3, 0.4) is 0 Å². The largest absolute Gasteiger partial charge is 0.312 e. The summed E-state index contributed by atoms with van der Waals surface area (Å²) in [7, 11) is 0. The summed E-state index contributed by atoms with van der Waals surface area (Å²) in [5.41, 5.74) is 4.75. The summed E-state index contributed by atoms with van der Waals surface area (Å²) in [5.74, 6) is 0.641. The van der Waals surface area contributed by atoms with Crippen molar-refractivity contribution in [1.29, 1.82) is 0 Å². The van der Waals surface area contributed by atoms with Gasteiger partial charge in [-0.05, 0) is 23.5 Å². The molecule has 0 aromatic heterocycles. The highest BCUT2D eigenvalue weighted by Crippen LogP contribution is 2.38. The fourth-order valence-corrected chi connectivity index (χ4v) is 2.46. The minimum atomic E-state index is 0.345. The molecule has 1 unspecified atom stereocenters. The molecule has 1 nitrogen and oxygen atoms in total. The molecule has 2 rings (SSSR count). The third-order valence-electron chi connectivity index (χ3n) is 3.38. The van der Waals surface area contributed by atoms with E-state index in [0.717, 1.165) is 13.1 Å². The van der Waals surface area contributed by atoms with Crippen molar-refractivity contribution in [3.8, 4) is 0 Å². The van der Waals surface area contributed by atoms with E-state index in [1.165, 1.54) is 11.1 Å². The third-order valence-corrected chi connectivity index (χ3v) is 3.38. The predicted molar refractivity (Wildman–Crippen MR) is 65.1 cm³/mol. The first kappa shape index (κ1) is 10.7. The van der Waals surface area contributed by atoms with Gasteiger partial charge in [0.15, 0.2) is 0 Å². The molecule has 0 radical (unpaired) electrons. The first-order chi connectivity index (χ1) is 6.98. The SMILES string of the molecule is Cc1ccc2c(c1)CNCC2C(C)(C)C. The van der Waals surface area contributed by atoms with Gasteiger partial charge in [0, 0.05) is 19.0 Å². The van der Waals surface area contributed by atoms with E-state index in [2.05, 4.69) is 51.2 Å². The first-order valence-electron chi connectivity index (χ1n) is 5.78. The van der Waals surface area contributed by atoms with Crippen LogP contribution in [0.5, 0.6) is 0 Å². The van der Waals surface area contributed by atoms with Gasteiger partial charge in [0.05, 0.1) is 0 Å². The zero-order valence-corrected chi connectivity index (χ0v) is 10.2. The van der Waals surface area contributed by atoms with E-state index in [-0.39, 0.29) is 0 Å². The van der Waals surface area contributed by atoms with Gasteiger partial charge in [-0.25, -0.2) is 0 Å². The Labute approximate surface area is 92.9 Å². The Morgan fingerprint density at radius 3 is 2.67 bits per heavy atom. The molecular weight excluding hydrogens is 182 g/mol. The number of nitrogens with one attached hydrogen (secondary N) is 1. The molecule has 82 valence electrons. The van der Waals surface area contributed by atoms with Gasteiger partial charge in [0.2, 0.25) is 0 Å². The molecule has 1 heteroatoms. The number of fused-ring (bicyclic) bond motifs is 1. The van der Waals surface area contributed by atoms with Gasteiger partial charge in [-0.15, -0.1) is 0 Å². The first-order valence-corrected chi connectivity index (χ1v) is 5.78. The molecule has 0 spiro atoms. The molecule has 0 saturated carbocycles. The van der Waals surface area contributed by atoms with Crippen LogP contribution in [0.15, 0.2) is 18.2 Å². The van der Waals surface area contributed by atoms with Gasteiger partial charge >= 0.3 is 0 Å². The van der Waals surface area contributed by atoms with Crippen molar-refractivity contribution in [3.05, 3.63) is 34.9 Å². The van der Waals surface area contributed by atoms with E-state index in [1.807, 2.05) is 0 Å². The molecule has 1 aliphatic heterocycles.